The molecule has 0 spiro atoms. The molecule has 0 aliphatic rings. The Kier molecular flexibility index (Phi) is 4.03. The fourth-order valence-corrected chi connectivity index (χ4v) is 1.85. The maximum absolute atomic E-state index is 4.49. The van der Waals surface area contributed by atoms with Crippen LogP contribution in [-0.2, 0) is 18.6 Å². The molecule has 0 aliphatic heterocycles. The molecule has 2 nitrogen and oxygen atoms in total. The third-order valence-electron chi connectivity index (χ3n) is 2.68. The Labute approximate surface area is 118 Å². The number of aliphatic imine (C=N–C) groups is 1. The Bertz CT molecular complexity index is 652. The quantitative estimate of drug-likeness (QED) is 0.654. The molecule has 0 unspecified atom stereocenters. The van der Waals surface area contributed by atoms with Gasteiger partial charge in [0.15, 0.2) is 0 Å². The third kappa shape index (κ3) is 2.56. The molecule has 3 aromatic rings. The Morgan fingerprint density at radius 2 is 1.72 bits per heavy atom. The van der Waals surface area contributed by atoms with Crippen molar-refractivity contribution in [2.24, 2.45) is 4.99 Å². The minimum absolute atomic E-state index is 0. The van der Waals surface area contributed by atoms with Gasteiger partial charge in [0.05, 0.1) is 5.69 Å². The number of aromatic nitrogens is 1. The van der Waals surface area contributed by atoms with Crippen molar-refractivity contribution in [3.8, 4) is 0 Å². The van der Waals surface area contributed by atoms with Gasteiger partial charge in [0.25, 0.3) is 0 Å². The van der Waals surface area contributed by atoms with Crippen molar-refractivity contribution in [1.82, 2.24) is 4.98 Å². The largest absolute Gasteiger partial charge is 0.663 e. The fourth-order valence-electron chi connectivity index (χ4n) is 1.85. The Morgan fingerprint density at radius 3 is 2.56 bits per heavy atom. The number of hydrogen-bond acceptors (Lipinski definition) is 1. The van der Waals surface area contributed by atoms with E-state index in [1.165, 1.54) is 5.39 Å². The third-order valence-corrected chi connectivity index (χ3v) is 2.68. The molecular weight excluding hydrogens is 259 g/mol. The van der Waals surface area contributed by atoms with Gasteiger partial charge in [0.1, 0.15) is 0 Å². The van der Waals surface area contributed by atoms with Gasteiger partial charge in [-0.15, -0.1) is 5.69 Å². The molecule has 3 heteroatoms. The summed E-state index contributed by atoms with van der Waals surface area (Å²) in [6.07, 6.45) is 3.56. The molecule has 0 saturated carbocycles. The van der Waals surface area contributed by atoms with Crippen molar-refractivity contribution < 1.29 is 18.6 Å². The van der Waals surface area contributed by atoms with Crippen molar-refractivity contribution in [3.63, 3.8) is 0 Å². The van der Waals surface area contributed by atoms with Crippen LogP contribution in [0.25, 0.3) is 10.8 Å². The van der Waals surface area contributed by atoms with Gasteiger partial charge in [-0.05, 0) is 11.5 Å². The van der Waals surface area contributed by atoms with Gasteiger partial charge in [-0.25, -0.2) is 0 Å². The first-order chi connectivity index (χ1) is 8.43. The van der Waals surface area contributed by atoms with E-state index in [0.29, 0.717) is 0 Å². The number of benzene rings is 2. The predicted octanol–water partition coefficient (Wildman–Crippen LogP) is 3.55. The van der Waals surface area contributed by atoms with Crippen LogP contribution < -0.4 is 4.98 Å². The second-order valence-corrected chi connectivity index (χ2v) is 3.82. The van der Waals surface area contributed by atoms with Crippen LogP contribution in [0.2, 0.25) is 0 Å². The summed E-state index contributed by atoms with van der Waals surface area (Å²) in [6, 6.07) is 18.2. The van der Waals surface area contributed by atoms with Crippen LogP contribution in [0.1, 0.15) is 5.69 Å². The summed E-state index contributed by atoms with van der Waals surface area (Å²) < 4.78 is 0. The molecule has 2 aromatic carbocycles. The van der Waals surface area contributed by atoms with E-state index in [1.54, 1.807) is 12.4 Å². The summed E-state index contributed by atoms with van der Waals surface area (Å²) >= 11 is 0. The Hall–Kier alpha value is -1.77. The maximum Gasteiger partial charge on any atom is 0.0707 e. The predicted molar refractivity (Wildman–Crippen MR) is 71.0 cm³/mol. The molecule has 1 aromatic heterocycles. The van der Waals surface area contributed by atoms with Gasteiger partial charge in [-0.2, -0.15) is 6.20 Å². The van der Waals surface area contributed by atoms with Gasteiger partial charge in [0.2, 0.25) is 0 Å². The second kappa shape index (κ2) is 5.72. The van der Waals surface area contributed by atoms with Crippen molar-refractivity contribution >= 4 is 22.7 Å². The van der Waals surface area contributed by atoms with Gasteiger partial charge in [0, 0.05) is 30.2 Å². The molecule has 0 saturated heterocycles. The summed E-state index contributed by atoms with van der Waals surface area (Å²) in [4.78, 5) is 8.65. The van der Waals surface area contributed by atoms with Gasteiger partial charge in [-0.3, -0.25) is 4.99 Å². The normalized spacial score (nSPS) is 10.7. The Balaban J connectivity index is 0.00000120. The molecule has 0 N–H and O–H groups in total. The van der Waals surface area contributed by atoms with Crippen molar-refractivity contribution in [3.05, 3.63) is 66.5 Å². The topological polar surface area (TPSA) is 26.5 Å². The van der Waals surface area contributed by atoms with E-state index < -0.39 is 0 Å². The molecule has 3 rings (SSSR count). The summed E-state index contributed by atoms with van der Waals surface area (Å²) in [5, 5.41) is 2.37. The minimum atomic E-state index is 0. The molecular formula is C15H11N2V-. The van der Waals surface area contributed by atoms with E-state index in [0.717, 1.165) is 16.8 Å². The van der Waals surface area contributed by atoms with Crippen LogP contribution in [0.5, 0.6) is 0 Å². The van der Waals surface area contributed by atoms with Gasteiger partial charge in [-0.1, -0.05) is 48.5 Å². The smallest absolute Gasteiger partial charge is 0.0707 e. The van der Waals surface area contributed by atoms with Crippen LogP contribution >= 0.6 is 0 Å². The summed E-state index contributed by atoms with van der Waals surface area (Å²) in [7, 11) is 0. The van der Waals surface area contributed by atoms with E-state index >= 15 is 0 Å². The molecule has 1 radical (unpaired) electrons. The first kappa shape index (κ1) is 12.7. The zero-order chi connectivity index (χ0) is 11.5. The van der Waals surface area contributed by atoms with E-state index in [9.17, 15) is 0 Å². The molecule has 87 valence electrons. The zero-order valence-electron chi connectivity index (χ0n) is 9.69. The van der Waals surface area contributed by atoms with Crippen LogP contribution in [0.3, 0.4) is 0 Å². The van der Waals surface area contributed by atoms with Gasteiger partial charge < -0.3 is 4.98 Å². The summed E-state index contributed by atoms with van der Waals surface area (Å²) in [5.74, 6) is 0. The summed E-state index contributed by atoms with van der Waals surface area (Å²) in [5.41, 5.74) is 1.86. The summed E-state index contributed by atoms with van der Waals surface area (Å²) in [6.45, 7) is 0. The monoisotopic (exact) mass is 270 g/mol. The van der Waals surface area contributed by atoms with Crippen molar-refractivity contribution in [1.29, 1.82) is 0 Å². The molecule has 0 bridgehead atoms. The first-order valence-corrected chi connectivity index (χ1v) is 5.53. The molecule has 1 heterocycles. The van der Waals surface area contributed by atoms with E-state index in [2.05, 4.69) is 28.2 Å². The van der Waals surface area contributed by atoms with Crippen LogP contribution in [0, 0.1) is 0 Å². The maximum atomic E-state index is 4.49. The van der Waals surface area contributed by atoms with E-state index in [1.807, 2.05) is 36.4 Å². The average molecular weight is 270 g/mol. The first-order valence-electron chi connectivity index (χ1n) is 5.53. The van der Waals surface area contributed by atoms with Crippen molar-refractivity contribution in [2.75, 3.05) is 0 Å². The standard InChI is InChI=1S/C15H11N2.V/c1-2-8-14-12(5-1)6-3-9-15(14)17-11-13-7-4-10-16-13;/h1-11H;/q-1;. The van der Waals surface area contributed by atoms with Crippen LogP contribution in [0.15, 0.2) is 65.8 Å². The molecule has 0 fully saturated rings. The number of nitrogens with zero attached hydrogens (tertiary/aromatic N) is 2. The number of rotatable bonds is 2. The van der Waals surface area contributed by atoms with Crippen molar-refractivity contribution in [2.45, 2.75) is 0 Å². The van der Waals surface area contributed by atoms with E-state index in [4.69, 9.17) is 0 Å². The molecule has 18 heavy (non-hydrogen) atoms. The second-order valence-electron chi connectivity index (χ2n) is 3.82. The number of fused-ring (bicyclic) bond motifs is 1. The SMILES string of the molecule is C(=Nc1cccc2ccccc12)c1ccc[n-]1.[V]. The fraction of sp³-hybridized carbons (Fsp3) is 0. The molecule has 0 amide bonds. The molecule has 0 atom stereocenters. The minimum Gasteiger partial charge on any atom is -0.663 e. The molecule has 0 aliphatic carbocycles. The zero-order valence-corrected chi connectivity index (χ0v) is 11.1. The average Bonchev–Trinajstić information content (AvgIpc) is 2.89. The Morgan fingerprint density at radius 1 is 0.889 bits per heavy atom. The van der Waals surface area contributed by atoms with E-state index in [-0.39, 0.29) is 18.6 Å². The van der Waals surface area contributed by atoms with Crippen LogP contribution in [-0.4, -0.2) is 6.21 Å². The van der Waals surface area contributed by atoms with Gasteiger partial charge >= 0.3 is 0 Å². The van der Waals surface area contributed by atoms with Crippen LogP contribution in [0.4, 0.5) is 5.69 Å². The number of hydrogen-bond donors (Lipinski definition) is 0.